The minimum atomic E-state index is 0.0809. The van der Waals surface area contributed by atoms with Crippen LogP contribution >= 0.6 is 0 Å². The van der Waals surface area contributed by atoms with Crippen LogP contribution in [0.1, 0.15) is 23.6 Å². The molecule has 1 atom stereocenters. The summed E-state index contributed by atoms with van der Waals surface area (Å²) in [7, 11) is 0. The van der Waals surface area contributed by atoms with Gasteiger partial charge in [-0.3, -0.25) is 0 Å². The molecule has 0 saturated heterocycles. The van der Waals surface area contributed by atoms with Crippen molar-refractivity contribution in [3.8, 4) is 5.75 Å². The van der Waals surface area contributed by atoms with Gasteiger partial charge in [0.2, 0.25) is 0 Å². The van der Waals surface area contributed by atoms with Crippen LogP contribution in [0, 0.1) is 0 Å². The Hall–Kier alpha value is -1.06. The molecule has 1 unspecified atom stereocenters. The first-order valence-corrected chi connectivity index (χ1v) is 4.93. The highest BCUT2D eigenvalue weighted by Gasteiger charge is 2.17. The van der Waals surface area contributed by atoms with Crippen molar-refractivity contribution in [2.24, 2.45) is 5.73 Å². The van der Waals surface area contributed by atoms with Crippen molar-refractivity contribution in [2.75, 3.05) is 13.2 Å². The van der Waals surface area contributed by atoms with Gasteiger partial charge in [0.1, 0.15) is 5.75 Å². The van der Waals surface area contributed by atoms with E-state index in [2.05, 4.69) is 0 Å². The molecule has 2 rings (SSSR count). The largest absolute Gasteiger partial charge is 0.493 e. The van der Waals surface area contributed by atoms with Crippen molar-refractivity contribution >= 4 is 0 Å². The monoisotopic (exact) mass is 193 g/mol. The fourth-order valence-electron chi connectivity index (χ4n) is 1.76. The maximum atomic E-state index is 8.83. The van der Waals surface area contributed by atoms with Gasteiger partial charge in [0.25, 0.3) is 0 Å². The Kier molecular flexibility index (Phi) is 2.70. The van der Waals surface area contributed by atoms with Gasteiger partial charge in [-0.2, -0.15) is 0 Å². The number of fused-ring (bicyclic) bond motifs is 1. The Balaban J connectivity index is 2.31. The molecule has 1 aromatic carbocycles. The second kappa shape index (κ2) is 3.98. The van der Waals surface area contributed by atoms with E-state index in [1.54, 1.807) is 0 Å². The average Bonchev–Trinajstić information content (AvgIpc) is 2.20. The minimum Gasteiger partial charge on any atom is -0.493 e. The van der Waals surface area contributed by atoms with Crippen molar-refractivity contribution in [1.29, 1.82) is 0 Å². The van der Waals surface area contributed by atoms with Crippen LogP contribution in [0.4, 0.5) is 0 Å². The van der Waals surface area contributed by atoms with Gasteiger partial charge in [-0.05, 0) is 18.1 Å². The molecular formula is C11H15NO2. The van der Waals surface area contributed by atoms with Gasteiger partial charge >= 0.3 is 0 Å². The molecule has 0 bridgehead atoms. The number of aliphatic hydroxyl groups is 1. The first-order valence-electron chi connectivity index (χ1n) is 4.93. The number of hydrogen-bond acceptors (Lipinski definition) is 3. The van der Waals surface area contributed by atoms with E-state index in [1.807, 2.05) is 18.2 Å². The lowest BCUT2D eigenvalue weighted by atomic mass is 9.98. The number of benzene rings is 1. The lowest BCUT2D eigenvalue weighted by molar-refractivity contribution is 0.268. The molecule has 0 aliphatic carbocycles. The van der Waals surface area contributed by atoms with Crippen molar-refractivity contribution < 1.29 is 9.84 Å². The molecule has 0 amide bonds. The van der Waals surface area contributed by atoms with Crippen LogP contribution < -0.4 is 10.5 Å². The summed E-state index contributed by atoms with van der Waals surface area (Å²) in [5.74, 6) is 0.894. The maximum absolute atomic E-state index is 8.83. The molecule has 0 spiro atoms. The van der Waals surface area contributed by atoms with E-state index in [4.69, 9.17) is 15.6 Å². The number of rotatable bonds is 2. The van der Waals surface area contributed by atoms with E-state index in [-0.39, 0.29) is 12.6 Å². The standard InChI is InChI=1S/C11H15NO2/c12-10-4-6-14-11-2-1-8(3-5-13)7-9(10)11/h1-2,7,10,13H,3-6,12H2. The summed E-state index contributed by atoms with van der Waals surface area (Å²) >= 11 is 0. The highest BCUT2D eigenvalue weighted by molar-refractivity contribution is 5.40. The van der Waals surface area contributed by atoms with E-state index in [9.17, 15) is 0 Å². The lowest BCUT2D eigenvalue weighted by Gasteiger charge is -2.23. The molecule has 76 valence electrons. The van der Waals surface area contributed by atoms with Crippen molar-refractivity contribution in [3.63, 3.8) is 0 Å². The highest BCUT2D eigenvalue weighted by atomic mass is 16.5. The molecule has 0 fully saturated rings. The molecule has 3 N–H and O–H groups in total. The SMILES string of the molecule is NC1CCOc2ccc(CCO)cc21. The predicted molar refractivity (Wildman–Crippen MR) is 54.3 cm³/mol. The summed E-state index contributed by atoms with van der Waals surface area (Å²) in [5.41, 5.74) is 8.16. The van der Waals surface area contributed by atoms with E-state index >= 15 is 0 Å². The summed E-state index contributed by atoms with van der Waals surface area (Å²) in [6, 6.07) is 6.04. The van der Waals surface area contributed by atoms with Crippen LogP contribution in [-0.4, -0.2) is 18.3 Å². The molecule has 1 aromatic rings. The normalized spacial score (nSPS) is 20.0. The quantitative estimate of drug-likeness (QED) is 0.736. The van der Waals surface area contributed by atoms with E-state index in [0.717, 1.165) is 23.3 Å². The molecule has 0 radical (unpaired) electrons. The zero-order chi connectivity index (χ0) is 9.97. The summed E-state index contributed by atoms with van der Waals surface area (Å²) in [6.07, 6.45) is 1.55. The van der Waals surface area contributed by atoms with Crippen LogP contribution in [0.25, 0.3) is 0 Å². The van der Waals surface area contributed by atoms with Crippen LogP contribution in [0.3, 0.4) is 0 Å². The Morgan fingerprint density at radius 3 is 3.14 bits per heavy atom. The van der Waals surface area contributed by atoms with Gasteiger partial charge < -0.3 is 15.6 Å². The third kappa shape index (κ3) is 1.74. The molecule has 14 heavy (non-hydrogen) atoms. The van der Waals surface area contributed by atoms with Crippen molar-refractivity contribution in [3.05, 3.63) is 29.3 Å². The smallest absolute Gasteiger partial charge is 0.124 e. The number of hydrogen-bond donors (Lipinski definition) is 2. The van der Waals surface area contributed by atoms with Crippen LogP contribution in [0.2, 0.25) is 0 Å². The second-order valence-corrected chi connectivity index (χ2v) is 3.59. The average molecular weight is 193 g/mol. The van der Waals surface area contributed by atoms with Gasteiger partial charge in [-0.25, -0.2) is 0 Å². The molecule has 0 saturated carbocycles. The molecule has 1 heterocycles. The van der Waals surface area contributed by atoms with Gasteiger partial charge in [-0.1, -0.05) is 12.1 Å². The third-order valence-electron chi connectivity index (χ3n) is 2.56. The zero-order valence-corrected chi connectivity index (χ0v) is 8.07. The number of nitrogens with two attached hydrogens (primary N) is 1. The van der Waals surface area contributed by atoms with E-state index < -0.39 is 0 Å². The van der Waals surface area contributed by atoms with Gasteiger partial charge in [0.05, 0.1) is 6.61 Å². The molecule has 3 heteroatoms. The van der Waals surface area contributed by atoms with Crippen LogP contribution in [0.5, 0.6) is 5.75 Å². The van der Waals surface area contributed by atoms with Gasteiger partial charge in [0, 0.05) is 24.6 Å². The lowest BCUT2D eigenvalue weighted by Crippen LogP contribution is -2.20. The molecule has 3 nitrogen and oxygen atoms in total. The maximum Gasteiger partial charge on any atom is 0.124 e. The first-order chi connectivity index (χ1) is 6.81. The third-order valence-corrected chi connectivity index (χ3v) is 2.56. The van der Waals surface area contributed by atoms with Crippen LogP contribution in [0.15, 0.2) is 18.2 Å². The van der Waals surface area contributed by atoms with Crippen LogP contribution in [-0.2, 0) is 6.42 Å². The first kappa shape index (κ1) is 9.49. The highest BCUT2D eigenvalue weighted by Crippen LogP contribution is 2.31. The summed E-state index contributed by atoms with van der Waals surface area (Å²) in [4.78, 5) is 0. The number of ether oxygens (including phenoxy) is 1. The Labute approximate surface area is 83.5 Å². The molecular weight excluding hydrogens is 178 g/mol. The Morgan fingerprint density at radius 2 is 2.36 bits per heavy atom. The summed E-state index contributed by atoms with van der Waals surface area (Å²) in [5, 5.41) is 8.83. The van der Waals surface area contributed by atoms with E-state index in [0.29, 0.717) is 13.0 Å². The zero-order valence-electron chi connectivity index (χ0n) is 8.07. The van der Waals surface area contributed by atoms with Crippen molar-refractivity contribution in [2.45, 2.75) is 18.9 Å². The molecule has 1 aliphatic heterocycles. The minimum absolute atomic E-state index is 0.0809. The summed E-state index contributed by atoms with van der Waals surface area (Å²) < 4.78 is 5.48. The Morgan fingerprint density at radius 1 is 1.50 bits per heavy atom. The van der Waals surface area contributed by atoms with Crippen molar-refractivity contribution in [1.82, 2.24) is 0 Å². The van der Waals surface area contributed by atoms with Gasteiger partial charge in [0.15, 0.2) is 0 Å². The summed E-state index contributed by atoms with van der Waals surface area (Å²) in [6.45, 7) is 0.877. The fourth-order valence-corrected chi connectivity index (χ4v) is 1.76. The predicted octanol–water partition coefficient (Wildman–Crippen LogP) is 1.00. The Bertz CT molecular complexity index is 325. The topological polar surface area (TPSA) is 55.5 Å². The molecule has 1 aliphatic rings. The fraction of sp³-hybridized carbons (Fsp3) is 0.455. The second-order valence-electron chi connectivity index (χ2n) is 3.59. The number of aliphatic hydroxyl groups excluding tert-OH is 1. The van der Waals surface area contributed by atoms with E-state index in [1.165, 1.54) is 0 Å². The molecule has 0 aromatic heterocycles. The van der Waals surface area contributed by atoms with Gasteiger partial charge in [-0.15, -0.1) is 0 Å².